The molecule has 2 N–H and O–H groups in total. The fraction of sp³-hybridized carbons (Fsp3) is 0.316. The number of rotatable bonds is 4. The molecule has 0 saturated carbocycles. The fourth-order valence-electron chi connectivity index (χ4n) is 2.81. The minimum absolute atomic E-state index is 0. The van der Waals surface area contributed by atoms with E-state index in [2.05, 4.69) is 0 Å². The monoisotopic (exact) mass is 380 g/mol. The van der Waals surface area contributed by atoms with Crippen LogP contribution in [0.15, 0.2) is 48.5 Å². The van der Waals surface area contributed by atoms with Gasteiger partial charge in [-0.05, 0) is 36.1 Å². The van der Waals surface area contributed by atoms with E-state index in [0.29, 0.717) is 23.9 Å². The number of hydrogen-bond acceptors (Lipinski definition) is 3. The molecule has 0 aliphatic carbocycles. The molecule has 25 heavy (non-hydrogen) atoms. The van der Waals surface area contributed by atoms with Crippen LogP contribution in [-0.2, 0) is 4.79 Å². The minimum atomic E-state index is -0.0231. The summed E-state index contributed by atoms with van der Waals surface area (Å²) in [6.45, 7) is 1.40. The van der Waals surface area contributed by atoms with Crippen molar-refractivity contribution in [1.82, 2.24) is 4.90 Å². The Balaban J connectivity index is 0.00000225. The Morgan fingerprint density at radius 2 is 1.80 bits per heavy atom. The fourth-order valence-corrected chi connectivity index (χ4v) is 3.04. The predicted octanol–water partition coefficient (Wildman–Crippen LogP) is 3.76. The number of piperidine rings is 1. The van der Waals surface area contributed by atoms with Crippen molar-refractivity contribution in [3.63, 3.8) is 0 Å². The molecule has 4 nitrogen and oxygen atoms in total. The highest BCUT2D eigenvalue weighted by Crippen LogP contribution is 2.30. The molecule has 1 aliphatic rings. The highest BCUT2D eigenvalue weighted by molar-refractivity contribution is 6.32. The molecule has 1 heterocycles. The summed E-state index contributed by atoms with van der Waals surface area (Å²) in [5, 5.41) is 0.504. The van der Waals surface area contributed by atoms with Crippen molar-refractivity contribution in [2.75, 3.05) is 19.7 Å². The Morgan fingerprint density at radius 1 is 1.12 bits per heavy atom. The summed E-state index contributed by atoms with van der Waals surface area (Å²) in [7, 11) is 0. The molecule has 1 fully saturated rings. The average molecular weight is 381 g/mol. The predicted molar refractivity (Wildman–Crippen MR) is 103 cm³/mol. The van der Waals surface area contributed by atoms with Crippen molar-refractivity contribution in [2.45, 2.75) is 18.9 Å². The number of ether oxygens (including phenoxy) is 1. The van der Waals surface area contributed by atoms with Crippen molar-refractivity contribution >= 4 is 29.9 Å². The number of halogens is 2. The van der Waals surface area contributed by atoms with Crippen LogP contribution in [0.2, 0.25) is 5.02 Å². The first kappa shape index (κ1) is 19.6. The number of carbonyl (C=O) groups excluding carboxylic acids is 1. The molecule has 1 amide bonds. The summed E-state index contributed by atoms with van der Waals surface area (Å²) in [6, 6.07) is 15.8. The topological polar surface area (TPSA) is 55.6 Å². The maximum Gasteiger partial charge on any atom is 0.260 e. The SMILES string of the molecule is Cl.NC1CCN(C(=O)COc2ccc(-c3ccccc3)cc2Cl)CC1. The van der Waals surface area contributed by atoms with Crippen LogP contribution >= 0.6 is 24.0 Å². The van der Waals surface area contributed by atoms with Gasteiger partial charge in [0, 0.05) is 19.1 Å². The van der Waals surface area contributed by atoms with Crippen LogP contribution in [0.1, 0.15) is 12.8 Å². The Morgan fingerprint density at radius 3 is 2.44 bits per heavy atom. The Bertz CT molecular complexity index is 702. The van der Waals surface area contributed by atoms with Crippen LogP contribution in [0, 0.1) is 0 Å². The maximum atomic E-state index is 12.2. The molecule has 0 aromatic heterocycles. The number of benzene rings is 2. The van der Waals surface area contributed by atoms with Crippen LogP contribution in [0.3, 0.4) is 0 Å². The Hall–Kier alpha value is -1.75. The summed E-state index contributed by atoms with van der Waals surface area (Å²) < 4.78 is 5.62. The van der Waals surface area contributed by atoms with Crippen LogP contribution in [0.25, 0.3) is 11.1 Å². The second-order valence-electron chi connectivity index (χ2n) is 6.02. The van der Waals surface area contributed by atoms with Gasteiger partial charge in [0.25, 0.3) is 5.91 Å². The number of nitrogens with two attached hydrogens (primary N) is 1. The molecule has 6 heteroatoms. The molecule has 0 radical (unpaired) electrons. The van der Waals surface area contributed by atoms with Gasteiger partial charge in [-0.3, -0.25) is 4.79 Å². The van der Waals surface area contributed by atoms with E-state index in [4.69, 9.17) is 22.1 Å². The summed E-state index contributed by atoms with van der Waals surface area (Å²) >= 11 is 6.30. The molecular formula is C19H22Cl2N2O2. The van der Waals surface area contributed by atoms with Gasteiger partial charge in [0.2, 0.25) is 0 Å². The van der Waals surface area contributed by atoms with Gasteiger partial charge in [-0.15, -0.1) is 12.4 Å². The molecule has 0 atom stereocenters. The van der Waals surface area contributed by atoms with Gasteiger partial charge in [-0.25, -0.2) is 0 Å². The molecule has 134 valence electrons. The summed E-state index contributed by atoms with van der Waals surface area (Å²) in [5.41, 5.74) is 7.96. The van der Waals surface area contributed by atoms with E-state index in [1.807, 2.05) is 48.5 Å². The second kappa shape index (κ2) is 9.09. The van der Waals surface area contributed by atoms with Gasteiger partial charge < -0.3 is 15.4 Å². The largest absolute Gasteiger partial charge is 0.482 e. The molecule has 2 aromatic carbocycles. The van der Waals surface area contributed by atoms with Crippen molar-refractivity contribution < 1.29 is 9.53 Å². The van der Waals surface area contributed by atoms with Crippen LogP contribution in [-0.4, -0.2) is 36.5 Å². The van der Waals surface area contributed by atoms with E-state index in [-0.39, 0.29) is 31.0 Å². The zero-order valence-corrected chi connectivity index (χ0v) is 15.4. The lowest BCUT2D eigenvalue weighted by atomic mass is 10.1. The van der Waals surface area contributed by atoms with E-state index < -0.39 is 0 Å². The van der Waals surface area contributed by atoms with Crippen molar-refractivity contribution in [2.24, 2.45) is 5.73 Å². The standard InChI is InChI=1S/C19H21ClN2O2.ClH/c20-17-12-15(14-4-2-1-3-5-14)6-7-18(17)24-13-19(23)22-10-8-16(21)9-11-22;/h1-7,12,16H,8-11,13,21H2;1H. The van der Waals surface area contributed by atoms with Gasteiger partial charge in [-0.1, -0.05) is 48.0 Å². The highest BCUT2D eigenvalue weighted by atomic mass is 35.5. The number of carbonyl (C=O) groups is 1. The van der Waals surface area contributed by atoms with Gasteiger partial charge in [-0.2, -0.15) is 0 Å². The average Bonchev–Trinajstić information content (AvgIpc) is 2.62. The van der Waals surface area contributed by atoms with Crippen LogP contribution in [0.4, 0.5) is 0 Å². The molecular weight excluding hydrogens is 359 g/mol. The van der Waals surface area contributed by atoms with E-state index in [1.165, 1.54) is 0 Å². The first-order chi connectivity index (χ1) is 11.6. The number of nitrogens with zero attached hydrogens (tertiary/aromatic N) is 1. The van der Waals surface area contributed by atoms with Gasteiger partial charge in [0.1, 0.15) is 5.75 Å². The van der Waals surface area contributed by atoms with Crippen molar-refractivity contribution in [1.29, 1.82) is 0 Å². The third-order valence-corrected chi connectivity index (χ3v) is 4.58. The normalized spacial score (nSPS) is 14.7. The van der Waals surface area contributed by atoms with Gasteiger partial charge in [0.05, 0.1) is 5.02 Å². The zero-order valence-electron chi connectivity index (χ0n) is 13.9. The lowest BCUT2D eigenvalue weighted by Crippen LogP contribution is -2.44. The lowest BCUT2D eigenvalue weighted by Gasteiger charge is -2.30. The smallest absolute Gasteiger partial charge is 0.260 e. The van der Waals surface area contributed by atoms with Gasteiger partial charge in [0.15, 0.2) is 6.61 Å². The van der Waals surface area contributed by atoms with E-state index >= 15 is 0 Å². The second-order valence-corrected chi connectivity index (χ2v) is 6.43. The lowest BCUT2D eigenvalue weighted by molar-refractivity contribution is -0.134. The van der Waals surface area contributed by atoms with Gasteiger partial charge >= 0.3 is 0 Å². The van der Waals surface area contributed by atoms with E-state index in [0.717, 1.165) is 24.0 Å². The third-order valence-electron chi connectivity index (χ3n) is 4.28. The van der Waals surface area contributed by atoms with E-state index in [1.54, 1.807) is 4.90 Å². The summed E-state index contributed by atoms with van der Waals surface area (Å²) in [4.78, 5) is 14.0. The zero-order chi connectivity index (χ0) is 16.9. The molecule has 1 saturated heterocycles. The van der Waals surface area contributed by atoms with Crippen molar-refractivity contribution in [3.05, 3.63) is 53.6 Å². The quantitative estimate of drug-likeness (QED) is 0.878. The molecule has 3 rings (SSSR count). The van der Waals surface area contributed by atoms with Crippen LogP contribution < -0.4 is 10.5 Å². The minimum Gasteiger partial charge on any atom is -0.482 e. The first-order valence-corrected chi connectivity index (χ1v) is 8.52. The highest BCUT2D eigenvalue weighted by Gasteiger charge is 2.21. The molecule has 0 unspecified atom stereocenters. The molecule has 0 bridgehead atoms. The van der Waals surface area contributed by atoms with Crippen LogP contribution in [0.5, 0.6) is 5.75 Å². The Kier molecular flexibility index (Phi) is 7.12. The molecule has 1 aliphatic heterocycles. The number of hydrogen-bond donors (Lipinski definition) is 1. The summed E-state index contributed by atoms with van der Waals surface area (Å²) in [5.74, 6) is 0.503. The molecule has 2 aromatic rings. The third kappa shape index (κ3) is 5.11. The Labute approximate surface area is 159 Å². The van der Waals surface area contributed by atoms with E-state index in [9.17, 15) is 4.79 Å². The summed E-state index contributed by atoms with van der Waals surface area (Å²) in [6.07, 6.45) is 1.69. The molecule has 0 spiro atoms. The van der Waals surface area contributed by atoms with Crippen molar-refractivity contribution in [3.8, 4) is 16.9 Å². The number of amides is 1. The maximum absolute atomic E-state index is 12.2. The number of likely N-dealkylation sites (tertiary alicyclic amines) is 1. The first-order valence-electron chi connectivity index (χ1n) is 8.14.